The van der Waals surface area contributed by atoms with Gasteiger partial charge >= 0.3 is 0 Å². The van der Waals surface area contributed by atoms with Crippen molar-refractivity contribution < 1.29 is 8.78 Å². The number of benzene rings is 1. The maximum atomic E-state index is 13.6. The lowest BCUT2D eigenvalue weighted by atomic mass is 10.1. The summed E-state index contributed by atoms with van der Waals surface area (Å²) in [7, 11) is 0. The number of nitrogens with one attached hydrogen (secondary N) is 1. The molecule has 0 saturated heterocycles. The fourth-order valence-corrected chi connectivity index (χ4v) is 2.59. The Morgan fingerprint density at radius 1 is 1.35 bits per heavy atom. The summed E-state index contributed by atoms with van der Waals surface area (Å²) in [4.78, 5) is 18.8. The number of aromatic amines is 1. The van der Waals surface area contributed by atoms with E-state index in [0.717, 1.165) is 24.6 Å². The van der Waals surface area contributed by atoms with Gasteiger partial charge < -0.3 is 4.98 Å². The van der Waals surface area contributed by atoms with Crippen molar-refractivity contribution in [2.45, 2.75) is 25.2 Å². The zero-order chi connectivity index (χ0) is 14.3. The van der Waals surface area contributed by atoms with Gasteiger partial charge in [0.2, 0.25) is 0 Å². The second-order valence-electron chi connectivity index (χ2n) is 4.90. The van der Waals surface area contributed by atoms with Crippen LogP contribution in [0.15, 0.2) is 27.5 Å². The van der Waals surface area contributed by atoms with E-state index in [-0.39, 0.29) is 12.0 Å². The van der Waals surface area contributed by atoms with Crippen LogP contribution in [-0.4, -0.2) is 9.97 Å². The molecule has 1 aliphatic rings. The number of hydrogen-bond donors (Lipinski definition) is 1. The number of halogens is 3. The minimum atomic E-state index is -0.636. The topological polar surface area (TPSA) is 45.8 Å². The zero-order valence-corrected chi connectivity index (χ0v) is 12.0. The predicted molar refractivity (Wildman–Crippen MR) is 73.7 cm³/mol. The molecule has 0 aliphatic heterocycles. The molecule has 104 valence electrons. The maximum Gasteiger partial charge on any atom is 0.265 e. The first-order valence-corrected chi connectivity index (χ1v) is 7.06. The highest BCUT2D eigenvalue weighted by molar-refractivity contribution is 9.10. The van der Waals surface area contributed by atoms with Crippen LogP contribution in [0.4, 0.5) is 8.78 Å². The molecule has 0 unspecified atom stereocenters. The van der Waals surface area contributed by atoms with E-state index >= 15 is 0 Å². The minimum absolute atomic E-state index is 0.133. The van der Waals surface area contributed by atoms with E-state index in [0.29, 0.717) is 21.8 Å². The normalized spacial score (nSPS) is 14.6. The van der Waals surface area contributed by atoms with Crippen molar-refractivity contribution in [3.63, 3.8) is 0 Å². The van der Waals surface area contributed by atoms with Gasteiger partial charge in [0.1, 0.15) is 21.9 Å². The molecular weight excluding hydrogens is 330 g/mol. The number of aromatic nitrogens is 2. The average Bonchev–Trinajstić information content (AvgIpc) is 3.21. The van der Waals surface area contributed by atoms with Crippen LogP contribution in [0.3, 0.4) is 0 Å². The van der Waals surface area contributed by atoms with E-state index in [2.05, 4.69) is 25.9 Å². The molecule has 6 heteroatoms. The Balaban J connectivity index is 1.96. The highest BCUT2D eigenvalue weighted by Gasteiger charge is 2.28. The lowest BCUT2D eigenvalue weighted by Gasteiger charge is -2.07. The molecule has 1 heterocycles. The Morgan fingerprint density at radius 3 is 2.75 bits per heavy atom. The molecule has 0 radical (unpaired) electrons. The van der Waals surface area contributed by atoms with E-state index in [1.54, 1.807) is 0 Å². The van der Waals surface area contributed by atoms with Crippen LogP contribution in [-0.2, 0) is 6.42 Å². The van der Waals surface area contributed by atoms with E-state index in [1.807, 2.05) is 0 Å². The highest BCUT2D eigenvalue weighted by Crippen LogP contribution is 2.41. The third kappa shape index (κ3) is 2.65. The molecule has 1 aliphatic carbocycles. The van der Waals surface area contributed by atoms with E-state index in [4.69, 9.17) is 0 Å². The summed E-state index contributed by atoms with van der Waals surface area (Å²) in [6.07, 6.45) is 2.16. The Hall–Kier alpha value is -1.56. The summed E-state index contributed by atoms with van der Waals surface area (Å²) in [6, 6.07) is 3.38. The molecule has 0 atom stereocenters. The van der Waals surface area contributed by atoms with Crippen LogP contribution in [0.1, 0.15) is 35.8 Å². The second kappa shape index (κ2) is 5.09. The van der Waals surface area contributed by atoms with Gasteiger partial charge in [-0.2, -0.15) is 0 Å². The Labute approximate surface area is 122 Å². The van der Waals surface area contributed by atoms with Crippen molar-refractivity contribution in [2.24, 2.45) is 0 Å². The molecule has 0 spiro atoms. The maximum absolute atomic E-state index is 13.6. The molecule has 0 amide bonds. The Morgan fingerprint density at radius 2 is 2.10 bits per heavy atom. The first-order chi connectivity index (χ1) is 9.54. The van der Waals surface area contributed by atoms with Crippen LogP contribution in [0.5, 0.6) is 0 Å². The van der Waals surface area contributed by atoms with Gasteiger partial charge in [-0.1, -0.05) is 6.07 Å². The first-order valence-electron chi connectivity index (χ1n) is 6.27. The second-order valence-corrected chi connectivity index (χ2v) is 5.69. The van der Waals surface area contributed by atoms with Crippen LogP contribution in [0.2, 0.25) is 0 Å². The third-order valence-corrected chi connectivity index (χ3v) is 4.04. The molecule has 1 aromatic heterocycles. The van der Waals surface area contributed by atoms with Crippen LogP contribution in [0, 0.1) is 11.6 Å². The van der Waals surface area contributed by atoms with Crippen LogP contribution in [0.25, 0.3) is 0 Å². The smallest absolute Gasteiger partial charge is 0.265 e. The van der Waals surface area contributed by atoms with Crippen LogP contribution < -0.4 is 5.56 Å². The van der Waals surface area contributed by atoms with Gasteiger partial charge in [0.05, 0.1) is 5.69 Å². The van der Waals surface area contributed by atoms with Gasteiger partial charge in [0.15, 0.2) is 0 Å². The van der Waals surface area contributed by atoms with Gasteiger partial charge in [-0.05, 0) is 40.4 Å². The summed E-state index contributed by atoms with van der Waals surface area (Å²) >= 11 is 3.23. The highest BCUT2D eigenvalue weighted by atomic mass is 79.9. The van der Waals surface area contributed by atoms with E-state index < -0.39 is 11.6 Å². The van der Waals surface area contributed by atoms with Gasteiger partial charge in [-0.3, -0.25) is 4.79 Å². The minimum Gasteiger partial charge on any atom is -0.309 e. The lowest BCUT2D eigenvalue weighted by Crippen LogP contribution is -2.16. The van der Waals surface area contributed by atoms with Crippen molar-refractivity contribution >= 4 is 15.9 Å². The average molecular weight is 341 g/mol. The Bertz CT molecular complexity index is 726. The molecule has 1 N–H and O–H groups in total. The van der Waals surface area contributed by atoms with E-state index in [1.165, 1.54) is 12.1 Å². The van der Waals surface area contributed by atoms with Gasteiger partial charge in [-0.25, -0.2) is 13.8 Å². The summed E-state index contributed by atoms with van der Waals surface area (Å²) in [6.45, 7) is 0. The molecule has 3 rings (SSSR count). The van der Waals surface area contributed by atoms with Crippen molar-refractivity contribution in [3.05, 3.63) is 61.7 Å². The molecule has 3 nitrogen and oxygen atoms in total. The molecule has 1 aromatic carbocycles. The fraction of sp³-hybridized carbons (Fsp3) is 0.286. The molecule has 1 saturated carbocycles. The number of H-pyrrole nitrogens is 1. The van der Waals surface area contributed by atoms with Gasteiger partial charge in [0, 0.05) is 18.4 Å². The summed E-state index contributed by atoms with van der Waals surface area (Å²) < 4.78 is 26.9. The largest absolute Gasteiger partial charge is 0.309 e. The SMILES string of the molecule is O=c1[nH]c(Cc2ccc(F)cc2F)nc(C2CC2)c1Br. The predicted octanol–water partition coefficient (Wildman–Crippen LogP) is 3.28. The number of nitrogens with zero attached hydrogens (tertiary/aromatic N) is 1. The molecular formula is C14H11BrF2N2O. The van der Waals surface area contributed by atoms with Crippen molar-refractivity contribution in [3.8, 4) is 0 Å². The molecule has 20 heavy (non-hydrogen) atoms. The lowest BCUT2D eigenvalue weighted by molar-refractivity contribution is 0.573. The summed E-state index contributed by atoms with van der Waals surface area (Å²) in [5, 5.41) is 0. The van der Waals surface area contributed by atoms with Gasteiger partial charge in [0.25, 0.3) is 5.56 Å². The summed E-state index contributed by atoms with van der Waals surface area (Å²) in [5.41, 5.74) is 0.768. The monoisotopic (exact) mass is 340 g/mol. The zero-order valence-electron chi connectivity index (χ0n) is 10.4. The molecule has 2 aromatic rings. The van der Waals surface area contributed by atoms with Crippen molar-refractivity contribution in [1.29, 1.82) is 0 Å². The van der Waals surface area contributed by atoms with Gasteiger partial charge in [-0.15, -0.1) is 0 Å². The first kappa shape index (κ1) is 13.4. The number of rotatable bonds is 3. The molecule has 0 bridgehead atoms. The van der Waals surface area contributed by atoms with E-state index in [9.17, 15) is 13.6 Å². The molecule has 1 fully saturated rings. The number of hydrogen-bond acceptors (Lipinski definition) is 2. The van der Waals surface area contributed by atoms with Crippen LogP contribution >= 0.6 is 15.9 Å². The fourth-order valence-electron chi connectivity index (χ4n) is 2.08. The van der Waals surface area contributed by atoms with Crippen molar-refractivity contribution in [1.82, 2.24) is 9.97 Å². The third-order valence-electron chi connectivity index (χ3n) is 3.27. The standard InChI is InChI=1S/C14H11BrF2N2O/c15-12-13(7-1-2-7)18-11(19-14(12)20)5-8-3-4-9(16)6-10(8)17/h3-4,6-7H,1-2,5H2,(H,18,19,20). The Kier molecular flexibility index (Phi) is 3.41. The quantitative estimate of drug-likeness (QED) is 0.931. The van der Waals surface area contributed by atoms with Crippen molar-refractivity contribution in [2.75, 3.05) is 0 Å². The summed E-state index contributed by atoms with van der Waals surface area (Å²) in [5.74, 6) is -0.556.